The van der Waals surface area contributed by atoms with Crippen LogP contribution in [0.15, 0.2) is 208 Å². The molecule has 14 atom stereocenters. The molecule has 7 aromatic carbocycles. The van der Waals surface area contributed by atoms with Crippen LogP contribution >= 0.6 is 12.2 Å². The summed E-state index contributed by atoms with van der Waals surface area (Å²) < 4.78 is 139. The van der Waals surface area contributed by atoms with Crippen molar-refractivity contribution in [1.29, 1.82) is 0 Å². The molecule has 0 saturated carbocycles. The van der Waals surface area contributed by atoms with Gasteiger partial charge in [-0.15, -0.1) is 19.7 Å². The summed E-state index contributed by atoms with van der Waals surface area (Å²) in [5, 5.41) is 21.6. The zero-order valence-electron chi connectivity index (χ0n) is 61.9. The van der Waals surface area contributed by atoms with Gasteiger partial charge in [0, 0.05) is 87.7 Å². The number of hydrogen-bond acceptors (Lipinski definition) is 15. The van der Waals surface area contributed by atoms with Crippen molar-refractivity contribution in [3.8, 4) is 0 Å². The Labute approximate surface area is 634 Å². The molecule has 8 aliphatic heterocycles. The highest BCUT2D eigenvalue weighted by molar-refractivity contribution is 7.80. The van der Waals surface area contributed by atoms with Crippen molar-refractivity contribution in [3.05, 3.63) is 287 Å². The SMILES string of the molecule is C=C[C@H]1COC[C@]1(C)c1ccccc1F.C=C[C@H]1COC[C@]1(N)c1ccccc1F.C=C[C@H]1COC[C@]1(NC(C)=S)c1ccccc1F.CO[C@H]1COC[C@]1(C)c1ccccc1F.C[C@]1(c2ccccc2F)COC[C@@H]1CO.Fc1ccccc1[C@@]12COC[C@@H]1CON2.N[C@]1(c2ccccc2F)COC[C@@H]1CO. The van der Waals surface area contributed by atoms with E-state index in [9.17, 15) is 40.9 Å². The first-order valence-electron chi connectivity index (χ1n) is 36.0. The highest BCUT2D eigenvalue weighted by Gasteiger charge is 2.52. The fourth-order valence-electron chi connectivity index (χ4n) is 15.4. The topological polar surface area (TPSA) is 200 Å². The highest BCUT2D eigenvalue weighted by atomic mass is 32.1. The third-order valence-electron chi connectivity index (χ3n) is 22.3. The van der Waals surface area contributed by atoms with Gasteiger partial charge >= 0.3 is 0 Å². The second-order valence-corrected chi connectivity index (χ2v) is 29.7. The summed E-state index contributed by atoms with van der Waals surface area (Å²) in [6, 6.07) is 46.9. The molecule has 8 fully saturated rings. The van der Waals surface area contributed by atoms with Crippen LogP contribution in [0, 0.1) is 76.2 Å². The monoisotopic (exact) mass is 1520 g/mol. The first-order valence-corrected chi connectivity index (χ1v) is 36.4. The van der Waals surface area contributed by atoms with E-state index in [2.05, 4.69) is 30.5 Å². The lowest BCUT2D eigenvalue weighted by Gasteiger charge is -2.34. The number of halogens is 7. The lowest BCUT2D eigenvalue weighted by molar-refractivity contribution is 0.0242. The van der Waals surface area contributed by atoms with Gasteiger partial charge in [0.05, 0.1) is 133 Å². The predicted molar refractivity (Wildman–Crippen MR) is 405 cm³/mol. The molecule has 0 spiro atoms. The van der Waals surface area contributed by atoms with Crippen LogP contribution in [0.4, 0.5) is 30.7 Å². The van der Waals surface area contributed by atoms with E-state index in [1.807, 2.05) is 63.2 Å². The predicted octanol–water partition coefficient (Wildman–Crippen LogP) is 13.2. The number of rotatable bonds is 14. The molecular formula is C85H101F7N4O11S. The minimum atomic E-state index is -0.903. The molecule has 0 radical (unpaired) electrons. The third kappa shape index (κ3) is 18.3. The summed E-state index contributed by atoms with van der Waals surface area (Å²) >= 11 is 5.12. The van der Waals surface area contributed by atoms with Crippen molar-refractivity contribution in [2.45, 2.75) is 72.2 Å². The van der Waals surface area contributed by atoms with Crippen LogP contribution in [-0.4, -0.2) is 141 Å². The fourth-order valence-corrected chi connectivity index (χ4v) is 15.6. The van der Waals surface area contributed by atoms with Gasteiger partial charge < -0.3 is 69.7 Å². The van der Waals surface area contributed by atoms with Crippen LogP contribution < -0.4 is 22.3 Å². The molecule has 15 rings (SSSR count). The Morgan fingerprint density at radius 3 is 1.30 bits per heavy atom. The number of methoxy groups -OCH3 is 1. The number of nitrogens with two attached hydrogens (primary N) is 2. The molecule has 23 heteroatoms. The van der Waals surface area contributed by atoms with Gasteiger partial charge in [-0.25, -0.2) is 30.7 Å². The van der Waals surface area contributed by atoms with E-state index in [0.29, 0.717) is 131 Å². The van der Waals surface area contributed by atoms with E-state index in [1.54, 1.807) is 117 Å². The second kappa shape index (κ2) is 38.0. The van der Waals surface area contributed by atoms with E-state index in [0.717, 1.165) is 5.56 Å². The van der Waals surface area contributed by atoms with Gasteiger partial charge in [0.1, 0.15) is 46.3 Å². The Balaban J connectivity index is 0.000000145. The van der Waals surface area contributed by atoms with E-state index in [4.69, 9.17) is 66.4 Å². The van der Waals surface area contributed by atoms with E-state index >= 15 is 0 Å². The molecule has 8 aliphatic rings. The molecule has 0 amide bonds. The minimum Gasteiger partial charge on any atom is -0.396 e. The zero-order valence-corrected chi connectivity index (χ0v) is 62.7. The normalized spacial score (nSPS) is 30.5. The van der Waals surface area contributed by atoms with Crippen LogP contribution in [0.25, 0.3) is 0 Å². The molecule has 0 bridgehead atoms. The smallest absolute Gasteiger partial charge is 0.128 e. The number of thiocarbonyl (C=S) groups is 1. The van der Waals surface area contributed by atoms with Crippen LogP contribution in [-0.2, 0) is 81.1 Å². The molecule has 0 aliphatic carbocycles. The van der Waals surface area contributed by atoms with E-state index in [-0.39, 0.29) is 113 Å². The number of ether oxygens (including phenoxy) is 8. The molecule has 8 saturated heterocycles. The van der Waals surface area contributed by atoms with Crippen molar-refractivity contribution >= 4 is 17.2 Å². The van der Waals surface area contributed by atoms with Gasteiger partial charge in [0.2, 0.25) is 0 Å². The van der Waals surface area contributed by atoms with Crippen molar-refractivity contribution in [2.24, 2.45) is 47.0 Å². The standard InChI is InChI=1S/C14H16FNOS.C13H15FO.C12H14FNO.2C12H15FO2.C11H12FNO2.C11H14FNO2/c1-3-11-8-17-9-14(11,16-10(2)18)12-6-4-5-7-13(12)15;1-3-10-8-15-9-13(10,2)11-6-4-5-7-12(11)14;1-2-9-7-15-8-12(9,14)10-5-3-4-6-11(10)13;1-12(8-15-7-11(12)14-2)9-5-3-4-6-10(9)13;1-12(8-15-7-9(12)6-14)10-4-2-3-5-11(10)13;12-10-4-2-1-3-9(10)11-7-14-5-8(11)6-15-13-11;12-10-4-2-1-3-9(10)11(13)7-15-6-8(11)5-14/h3-7,11H,1,8-9H2,2H3,(H,16,18);3-7,10H,1,8-9H2,2H3;2-6,9H,1,7-8,14H2;3-6,11H,7-8H2,1-2H3;2-5,9,14H,6-8H2,1H3;1-4,8,13H,5-7H2;1-4,8,14H,5-7,13H2/t11-,14+;10-,13-;9-,12+;11-,12+;9-,12-;8-,11-;8-,11+/m0000010/s1. The first-order chi connectivity index (χ1) is 51.8. The van der Waals surface area contributed by atoms with Gasteiger partial charge in [0.15, 0.2) is 0 Å². The number of benzene rings is 7. The van der Waals surface area contributed by atoms with Gasteiger partial charge in [-0.1, -0.05) is 179 Å². The lowest BCUT2D eigenvalue weighted by atomic mass is 9.74. The maximum atomic E-state index is 14.1. The number of aliphatic hydroxyl groups excluding tert-OH is 2. The average Bonchev–Trinajstić information content (AvgIpc) is 1.60. The number of hydroxylamine groups is 1. The summed E-state index contributed by atoms with van der Waals surface area (Å²) in [5.74, 6) is -1.55. The zero-order chi connectivity index (χ0) is 77.9. The van der Waals surface area contributed by atoms with Crippen molar-refractivity contribution in [3.63, 3.8) is 0 Å². The first kappa shape index (κ1) is 84.6. The maximum absolute atomic E-state index is 14.1. The third-order valence-corrected chi connectivity index (χ3v) is 22.4. The lowest BCUT2D eigenvalue weighted by Crippen LogP contribution is -2.50. The summed E-state index contributed by atoms with van der Waals surface area (Å²) in [5.41, 5.74) is 15.6. The van der Waals surface area contributed by atoms with Crippen molar-refractivity contribution in [1.82, 2.24) is 10.8 Å². The molecule has 0 aromatic heterocycles. The number of aliphatic hydroxyl groups is 2. The quantitative estimate of drug-likeness (QED) is 0.0341. The van der Waals surface area contributed by atoms with Gasteiger partial charge in [-0.3, -0.25) is 0 Å². The average molecular weight is 1520 g/mol. The number of nitrogens with one attached hydrogen (secondary N) is 2. The largest absolute Gasteiger partial charge is 0.396 e. The fraction of sp³-hybridized carbons (Fsp3) is 0.424. The van der Waals surface area contributed by atoms with Crippen LogP contribution in [0.2, 0.25) is 0 Å². The molecule has 108 heavy (non-hydrogen) atoms. The second-order valence-electron chi connectivity index (χ2n) is 29.0. The Morgan fingerprint density at radius 1 is 0.444 bits per heavy atom. The molecule has 7 aromatic rings. The Morgan fingerprint density at radius 2 is 0.806 bits per heavy atom. The Bertz CT molecular complexity index is 3880. The number of hydrogen-bond donors (Lipinski definition) is 6. The van der Waals surface area contributed by atoms with Gasteiger partial charge in [0.25, 0.3) is 0 Å². The Hall–Kier alpha value is -7.40. The summed E-state index contributed by atoms with van der Waals surface area (Å²) in [7, 11) is 1.64. The van der Waals surface area contributed by atoms with Crippen LogP contribution in [0.3, 0.4) is 0 Å². The highest BCUT2D eigenvalue weighted by Crippen LogP contribution is 2.44. The van der Waals surface area contributed by atoms with Gasteiger partial charge in [-0.2, -0.15) is 5.48 Å². The van der Waals surface area contributed by atoms with E-state index < -0.39 is 27.6 Å². The molecule has 0 unspecified atom stereocenters. The van der Waals surface area contributed by atoms with E-state index in [1.165, 1.54) is 42.5 Å². The molecule has 8 heterocycles. The molecule has 8 N–H and O–H groups in total. The Kier molecular flexibility index (Phi) is 29.8. The van der Waals surface area contributed by atoms with Crippen molar-refractivity contribution in [2.75, 3.05) is 119 Å². The maximum Gasteiger partial charge on any atom is 0.128 e. The van der Waals surface area contributed by atoms with Crippen LogP contribution in [0.5, 0.6) is 0 Å². The molecular weight excluding hydrogens is 1420 g/mol. The van der Waals surface area contributed by atoms with Gasteiger partial charge in [-0.05, 0) is 66.1 Å². The molecule has 582 valence electrons. The van der Waals surface area contributed by atoms with Crippen LogP contribution in [0.1, 0.15) is 66.6 Å². The van der Waals surface area contributed by atoms with Crippen molar-refractivity contribution < 1.29 is 83.7 Å². The summed E-state index contributed by atoms with van der Waals surface area (Å²) in [6.07, 6.45) is 5.32. The number of fused-ring (bicyclic) bond motifs is 1. The summed E-state index contributed by atoms with van der Waals surface area (Å²) in [6.45, 7) is 26.3. The summed E-state index contributed by atoms with van der Waals surface area (Å²) in [4.78, 5) is 5.85. The molecule has 15 nitrogen and oxygen atoms in total. The minimum absolute atomic E-state index is 0.00713.